The monoisotopic (exact) mass is 340 g/mol. The molecule has 0 aliphatic heterocycles. The van der Waals surface area contributed by atoms with Crippen LogP contribution in [0.15, 0.2) is 23.1 Å². The number of nitrogens with one attached hydrogen (secondary N) is 1. The second-order valence-electron chi connectivity index (χ2n) is 5.42. The van der Waals surface area contributed by atoms with Gasteiger partial charge in [0.15, 0.2) is 0 Å². The Morgan fingerprint density at radius 3 is 2.36 bits per heavy atom. The molecular formula is C13H19F3N2O3S. The quantitative estimate of drug-likeness (QED) is 0.740. The van der Waals surface area contributed by atoms with Gasteiger partial charge in [0.2, 0.25) is 10.0 Å². The second kappa shape index (κ2) is 6.84. The lowest BCUT2D eigenvalue weighted by Crippen LogP contribution is -2.22. The highest BCUT2D eigenvalue weighted by molar-refractivity contribution is 7.89. The number of alkyl halides is 3. The Bertz CT molecular complexity index is 615. The van der Waals surface area contributed by atoms with Crippen LogP contribution in [-0.2, 0) is 16.2 Å². The van der Waals surface area contributed by atoms with Crippen LogP contribution in [0, 0.1) is 5.92 Å². The van der Waals surface area contributed by atoms with Crippen molar-refractivity contribution in [1.29, 1.82) is 0 Å². The lowest BCUT2D eigenvalue weighted by molar-refractivity contribution is -0.139. The van der Waals surface area contributed by atoms with E-state index in [9.17, 15) is 26.7 Å². The average Bonchev–Trinajstić information content (AvgIpc) is 2.33. The van der Waals surface area contributed by atoms with E-state index >= 15 is 0 Å². The van der Waals surface area contributed by atoms with Gasteiger partial charge in [0, 0.05) is 12.2 Å². The number of hydrogen-bond donors (Lipinski definition) is 3. The highest BCUT2D eigenvalue weighted by atomic mass is 32.2. The van der Waals surface area contributed by atoms with Gasteiger partial charge in [-0.15, -0.1) is 0 Å². The summed E-state index contributed by atoms with van der Waals surface area (Å²) in [6.07, 6.45) is -5.07. The summed E-state index contributed by atoms with van der Waals surface area (Å²) < 4.78 is 61.2. The first-order valence-corrected chi connectivity index (χ1v) is 8.12. The van der Waals surface area contributed by atoms with Crippen LogP contribution in [0.5, 0.6) is 0 Å². The molecule has 0 aliphatic carbocycles. The Hall–Kier alpha value is -1.32. The molecule has 1 atom stereocenters. The van der Waals surface area contributed by atoms with Crippen LogP contribution >= 0.6 is 0 Å². The van der Waals surface area contributed by atoms with E-state index in [4.69, 9.17) is 5.14 Å². The van der Waals surface area contributed by atoms with Crippen molar-refractivity contribution in [2.24, 2.45) is 11.1 Å². The molecule has 0 radical (unpaired) electrons. The van der Waals surface area contributed by atoms with Gasteiger partial charge in [-0.3, -0.25) is 0 Å². The smallest absolute Gasteiger partial charge is 0.391 e. The molecule has 0 aromatic heterocycles. The number of benzene rings is 1. The minimum Gasteiger partial charge on any atom is -0.391 e. The zero-order valence-corrected chi connectivity index (χ0v) is 13.0. The van der Waals surface area contributed by atoms with E-state index in [-0.39, 0.29) is 18.2 Å². The van der Waals surface area contributed by atoms with E-state index in [1.165, 1.54) is 6.07 Å². The maximum atomic E-state index is 12.9. The topological polar surface area (TPSA) is 92.4 Å². The van der Waals surface area contributed by atoms with Crippen LogP contribution in [-0.4, -0.2) is 26.2 Å². The zero-order valence-electron chi connectivity index (χ0n) is 12.2. The number of sulfonamides is 1. The molecule has 126 valence electrons. The Morgan fingerprint density at radius 2 is 1.91 bits per heavy atom. The molecule has 1 unspecified atom stereocenters. The molecule has 22 heavy (non-hydrogen) atoms. The fraction of sp³-hybridized carbons (Fsp3) is 0.538. The van der Waals surface area contributed by atoms with Crippen molar-refractivity contribution in [3.05, 3.63) is 23.8 Å². The Labute approximate surface area is 127 Å². The lowest BCUT2D eigenvalue weighted by Gasteiger charge is -2.17. The van der Waals surface area contributed by atoms with Crippen LogP contribution < -0.4 is 10.5 Å². The van der Waals surface area contributed by atoms with E-state index in [0.717, 1.165) is 6.07 Å². The minimum absolute atomic E-state index is 0.0579. The molecular weight excluding hydrogens is 321 g/mol. The van der Waals surface area contributed by atoms with Gasteiger partial charge < -0.3 is 10.4 Å². The SMILES string of the molecule is CC(C)CC(O)CNc1ccc(S(N)(=O)=O)c(C(F)(F)F)c1. The normalized spacial score (nSPS) is 14.2. The first-order chi connectivity index (χ1) is 9.91. The van der Waals surface area contributed by atoms with Gasteiger partial charge in [-0.2, -0.15) is 13.2 Å². The molecule has 0 spiro atoms. The predicted molar refractivity (Wildman–Crippen MR) is 76.8 cm³/mol. The first kappa shape index (κ1) is 18.7. The summed E-state index contributed by atoms with van der Waals surface area (Å²) in [4.78, 5) is -0.978. The number of rotatable bonds is 6. The predicted octanol–water partition coefficient (Wildman–Crippen LogP) is 2.17. The molecule has 0 fully saturated rings. The lowest BCUT2D eigenvalue weighted by atomic mass is 10.1. The third kappa shape index (κ3) is 5.47. The van der Waals surface area contributed by atoms with E-state index in [2.05, 4.69) is 5.32 Å². The summed E-state index contributed by atoms with van der Waals surface area (Å²) >= 11 is 0. The summed E-state index contributed by atoms with van der Waals surface area (Å²) in [5.41, 5.74) is -1.28. The fourth-order valence-electron chi connectivity index (χ4n) is 1.97. The molecule has 9 heteroatoms. The molecule has 0 heterocycles. The van der Waals surface area contributed by atoms with Gasteiger partial charge in [0.1, 0.15) is 0 Å². The summed E-state index contributed by atoms with van der Waals surface area (Å²) in [6, 6.07) is 2.65. The summed E-state index contributed by atoms with van der Waals surface area (Å²) in [7, 11) is -4.48. The number of hydrogen-bond acceptors (Lipinski definition) is 4. The van der Waals surface area contributed by atoms with Crippen molar-refractivity contribution in [1.82, 2.24) is 0 Å². The summed E-state index contributed by atoms with van der Waals surface area (Å²) in [6.45, 7) is 3.88. The molecule has 1 aromatic carbocycles. The van der Waals surface area contributed by atoms with Crippen LogP contribution in [0.3, 0.4) is 0 Å². The van der Waals surface area contributed by atoms with E-state index in [1.807, 2.05) is 13.8 Å². The number of anilines is 1. The largest absolute Gasteiger partial charge is 0.417 e. The number of aliphatic hydroxyl groups excluding tert-OH is 1. The zero-order chi connectivity index (χ0) is 17.1. The molecule has 0 bridgehead atoms. The first-order valence-electron chi connectivity index (χ1n) is 6.57. The van der Waals surface area contributed by atoms with Gasteiger partial charge in [0.05, 0.1) is 16.6 Å². The molecule has 1 aromatic rings. The van der Waals surface area contributed by atoms with Crippen molar-refractivity contribution in [2.45, 2.75) is 37.4 Å². The van der Waals surface area contributed by atoms with Crippen LogP contribution in [0.2, 0.25) is 0 Å². The minimum atomic E-state index is -4.85. The van der Waals surface area contributed by atoms with Gasteiger partial charge in [-0.1, -0.05) is 13.8 Å². The van der Waals surface area contributed by atoms with Gasteiger partial charge in [0.25, 0.3) is 0 Å². The van der Waals surface area contributed by atoms with Crippen molar-refractivity contribution in [2.75, 3.05) is 11.9 Å². The Kier molecular flexibility index (Phi) is 5.82. The van der Waals surface area contributed by atoms with Crippen molar-refractivity contribution >= 4 is 15.7 Å². The fourth-order valence-corrected chi connectivity index (χ4v) is 2.71. The molecule has 4 N–H and O–H groups in total. The second-order valence-corrected chi connectivity index (χ2v) is 6.95. The molecule has 0 amide bonds. The molecule has 1 rings (SSSR count). The number of halogens is 3. The van der Waals surface area contributed by atoms with E-state index in [1.54, 1.807) is 0 Å². The number of primary sulfonamides is 1. The van der Waals surface area contributed by atoms with Crippen LogP contribution in [0.25, 0.3) is 0 Å². The maximum Gasteiger partial charge on any atom is 0.417 e. The average molecular weight is 340 g/mol. The third-order valence-corrected chi connectivity index (χ3v) is 3.85. The molecule has 0 saturated heterocycles. The van der Waals surface area contributed by atoms with Crippen molar-refractivity contribution in [3.8, 4) is 0 Å². The van der Waals surface area contributed by atoms with E-state index in [0.29, 0.717) is 12.5 Å². The van der Waals surface area contributed by atoms with E-state index < -0.39 is 32.8 Å². The highest BCUT2D eigenvalue weighted by Gasteiger charge is 2.36. The molecule has 0 saturated carbocycles. The van der Waals surface area contributed by atoms with Crippen molar-refractivity contribution in [3.63, 3.8) is 0 Å². The van der Waals surface area contributed by atoms with Gasteiger partial charge in [-0.05, 0) is 30.5 Å². The molecule has 5 nitrogen and oxygen atoms in total. The Balaban J connectivity index is 3.01. The summed E-state index contributed by atoms with van der Waals surface area (Å²) in [5.74, 6) is 0.243. The highest BCUT2D eigenvalue weighted by Crippen LogP contribution is 2.35. The number of nitrogens with two attached hydrogens (primary N) is 1. The Morgan fingerprint density at radius 1 is 1.32 bits per heavy atom. The van der Waals surface area contributed by atoms with Crippen LogP contribution in [0.1, 0.15) is 25.8 Å². The maximum absolute atomic E-state index is 12.9. The van der Waals surface area contributed by atoms with Gasteiger partial charge >= 0.3 is 6.18 Å². The summed E-state index contributed by atoms with van der Waals surface area (Å²) in [5, 5.41) is 17.1. The number of aliphatic hydroxyl groups is 1. The molecule has 0 aliphatic rings. The third-order valence-electron chi connectivity index (χ3n) is 2.88. The van der Waals surface area contributed by atoms with Gasteiger partial charge in [-0.25, -0.2) is 13.6 Å². The van der Waals surface area contributed by atoms with Crippen LogP contribution in [0.4, 0.5) is 18.9 Å². The van der Waals surface area contributed by atoms with Crippen molar-refractivity contribution < 1.29 is 26.7 Å². The standard InChI is InChI=1S/C13H19F3N2O3S/c1-8(2)5-10(19)7-18-9-3-4-12(22(17,20)21)11(6-9)13(14,15)16/h3-4,6,8,10,18-19H,5,7H2,1-2H3,(H2,17,20,21).